The highest BCUT2D eigenvalue weighted by Crippen LogP contribution is 2.29. The molecule has 0 unspecified atom stereocenters. The molecule has 1 aromatic carbocycles. The molecule has 0 heterocycles. The molecule has 1 atom stereocenters. The molecule has 0 saturated carbocycles. The van der Waals surface area contributed by atoms with Gasteiger partial charge in [-0.2, -0.15) is 0 Å². The first-order chi connectivity index (χ1) is 8.19. The minimum absolute atomic E-state index is 0.171. The predicted octanol–water partition coefficient (Wildman–Crippen LogP) is 1.90. The van der Waals surface area contributed by atoms with Crippen molar-refractivity contribution in [2.24, 2.45) is 0 Å². The average molecular weight is 240 g/mol. The molecule has 0 aliphatic carbocycles. The van der Waals surface area contributed by atoms with Crippen LogP contribution in [0.2, 0.25) is 0 Å². The number of hydrogen-bond acceptors (Lipinski definition) is 4. The van der Waals surface area contributed by atoms with Crippen LogP contribution in [-0.4, -0.2) is 30.5 Å². The third-order valence-electron chi connectivity index (χ3n) is 2.48. The first-order valence-corrected chi connectivity index (χ1v) is 5.78. The molecule has 4 nitrogen and oxygen atoms in total. The molecule has 0 aliphatic heterocycles. The van der Waals surface area contributed by atoms with E-state index in [1.54, 1.807) is 32.2 Å². The first kappa shape index (κ1) is 13.8. The number of hydrogen-bond donors (Lipinski definition) is 2. The number of benzene rings is 1. The number of methoxy groups -OCH3 is 1. The van der Waals surface area contributed by atoms with Crippen molar-refractivity contribution in [3.63, 3.8) is 0 Å². The normalized spacial score (nSPS) is 12.2. The monoisotopic (exact) mass is 240 g/mol. The molecular weight excluding hydrogens is 220 g/mol. The molecule has 0 aromatic heterocycles. The van der Waals surface area contributed by atoms with Gasteiger partial charge in [-0.3, -0.25) is 0 Å². The molecule has 1 aromatic rings. The SMILES string of the molecule is COc1ccc([C@H](C)O)c(OCCCCO)c1. The van der Waals surface area contributed by atoms with Gasteiger partial charge in [-0.1, -0.05) is 0 Å². The summed E-state index contributed by atoms with van der Waals surface area (Å²) in [6.45, 7) is 2.39. The number of unbranched alkanes of at least 4 members (excludes halogenated alkanes) is 1. The molecule has 0 amide bonds. The molecule has 0 radical (unpaired) electrons. The molecular formula is C13H20O4. The number of aliphatic hydroxyl groups excluding tert-OH is 2. The van der Waals surface area contributed by atoms with Crippen molar-refractivity contribution >= 4 is 0 Å². The lowest BCUT2D eigenvalue weighted by molar-refractivity contribution is 0.189. The number of ether oxygens (including phenoxy) is 2. The summed E-state index contributed by atoms with van der Waals surface area (Å²) in [6, 6.07) is 5.36. The molecule has 0 fully saturated rings. The lowest BCUT2D eigenvalue weighted by Gasteiger charge is -2.14. The van der Waals surface area contributed by atoms with Gasteiger partial charge in [0, 0.05) is 18.2 Å². The van der Waals surface area contributed by atoms with Gasteiger partial charge in [0.05, 0.1) is 19.8 Å². The Kier molecular flexibility index (Phi) is 5.80. The van der Waals surface area contributed by atoms with Crippen LogP contribution in [0.4, 0.5) is 0 Å². The van der Waals surface area contributed by atoms with Crippen LogP contribution in [0.3, 0.4) is 0 Å². The maximum atomic E-state index is 9.61. The zero-order chi connectivity index (χ0) is 12.7. The Bertz CT molecular complexity index is 336. The van der Waals surface area contributed by atoms with Gasteiger partial charge >= 0.3 is 0 Å². The van der Waals surface area contributed by atoms with Gasteiger partial charge in [0.25, 0.3) is 0 Å². The fourth-order valence-corrected chi connectivity index (χ4v) is 1.51. The average Bonchev–Trinajstić information content (AvgIpc) is 2.34. The zero-order valence-electron chi connectivity index (χ0n) is 10.3. The van der Waals surface area contributed by atoms with Crippen molar-refractivity contribution in [1.82, 2.24) is 0 Å². The van der Waals surface area contributed by atoms with E-state index in [-0.39, 0.29) is 6.61 Å². The summed E-state index contributed by atoms with van der Waals surface area (Å²) in [7, 11) is 1.59. The summed E-state index contributed by atoms with van der Waals surface area (Å²) < 4.78 is 10.7. The van der Waals surface area contributed by atoms with E-state index in [0.717, 1.165) is 12.0 Å². The van der Waals surface area contributed by atoms with Crippen LogP contribution >= 0.6 is 0 Å². The predicted molar refractivity (Wildman–Crippen MR) is 65.4 cm³/mol. The van der Waals surface area contributed by atoms with Crippen molar-refractivity contribution in [2.75, 3.05) is 20.3 Å². The van der Waals surface area contributed by atoms with E-state index < -0.39 is 6.10 Å². The van der Waals surface area contributed by atoms with Gasteiger partial charge in [-0.15, -0.1) is 0 Å². The molecule has 17 heavy (non-hydrogen) atoms. The summed E-state index contributed by atoms with van der Waals surface area (Å²) in [6.07, 6.45) is 0.926. The van der Waals surface area contributed by atoms with Crippen LogP contribution in [0.5, 0.6) is 11.5 Å². The highest BCUT2D eigenvalue weighted by molar-refractivity contribution is 5.41. The van der Waals surface area contributed by atoms with Crippen molar-refractivity contribution in [2.45, 2.75) is 25.9 Å². The summed E-state index contributed by atoms with van der Waals surface area (Å²) in [4.78, 5) is 0. The number of aliphatic hydroxyl groups is 2. The lowest BCUT2D eigenvalue weighted by Crippen LogP contribution is -2.03. The van der Waals surface area contributed by atoms with Crippen molar-refractivity contribution < 1.29 is 19.7 Å². The quantitative estimate of drug-likeness (QED) is 0.715. The zero-order valence-corrected chi connectivity index (χ0v) is 10.3. The second-order valence-electron chi connectivity index (χ2n) is 3.86. The second-order valence-corrected chi connectivity index (χ2v) is 3.86. The van der Waals surface area contributed by atoms with E-state index in [1.807, 2.05) is 0 Å². The Labute approximate surface area is 102 Å². The summed E-state index contributed by atoms with van der Waals surface area (Å²) in [5.41, 5.74) is 0.745. The van der Waals surface area contributed by atoms with Gasteiger partial charge in [-0.25, -0.2) is 0 Å². The molecule has 0 aliphatic rings. The van der Waals surface area contributed by atoms with Crippen LogP contribution in [0.15, 0.2) is 18.2 Å². The Hall–Kier alpha value is -1.26. The largest absolute Gasteiger partial charge is 0.497 e. The molecule has 4 heteroatoms. The Morgan fingerprint density at radius 3 is 2.65 bits per heavy atom. The highest BCUT2D eigenvalue weighted by atomic mass is 16.5. The fraction of sp³-hybridized carbons (Fsp3) is 0.538. The fourth-order valence-electron chi connectivity index (χ4n) is 1.51. The Morgan fingerprint density at radius 1 is 1.29 bits per heavy atom. The molecule has 1 rings (SSSR count). The molecule has 96 valence electrons. The van der Waals surface area contributed by atoms with Crippen LogP contribution < -0.4 is 9.47 Å². The van der Waals surface area contributed by atoms with Crippen molar-refractivity contribution in [3.05, 3.63) is 23.8 Å². The third kappa shape index (κ3) is 4.24. The van der Waals surface area contributed by atoms with Gasteiger partial charge < -0.3 is 19.7 Å². The van der Waals surface area contributed by atoms with E-state index >= 15 is 0 Å². The Morgan fingerprint density at radius 2 is 2.06 bits per heavy atom. The van der Waals surface area contributed by atoms with Crippen LogP contribution in [-0.2, 0) is 0 Å². The molecule has 0 bridgehead atoms. The minimum Gasteiger partial charge on any atom is -0.497 e. The standard InChI is InChI=1S/C13H20O4/c1-10(15)12-6-5-11(16-2)9-13(12)17-8-4-3-7-14/h5-6,9-10,14-15H,3-4,7-8H2,1-2H3/t10-/m0/s1. The molecule has 0 spiro atoms. The van der Waals surface area contributed by atoms with Crippen LogP contribution in [0.1, 0.15) is 31.4 Å². The summed E-state index contributed by atoms with van der Waals surface area (Å²) >= 11 is 0. The van der Waals surface area contributed by atoms with Crippen molar-refractivity contribution in [1.29, 1.82) is 0 Å². The second kappa shape index (κ2) is 7.14. The maximum absolute atomic E-state index is 9.61. The molecule has 2 N–H and O–H groups in total. The molecule has 0 saturated heterocycles. The third-order valence-corrected chi connectivity index (χ3v) is 2.48. The Balaban J connectivity index is 2.71. The van der Waals surface area contributed by atoms with Gasteiger partial charge in [0.2, 0.25) is 0 Å². The summed E-state index contributed by atoms with van der Waals surface area (Å²) in [5.74, 6) is 1.34. The van der Waals surface area contributed by atoms with Crippen LogP contribution in [0.25, 0.3) is 0 Å². The first-order valence-electron chi connectivity index (χ1n) is 5.78. The van der Waals surface area contributed by atoms with Gasteiger partial charge in [0.1, 0.15) is 11.5 Å². The van der Waals surface area contributed by atoms with Crippen LogP contribution in [0, 0.1) is 0 Å². The smallest absolute Gasteiger partial charge is 0.128 e. The minimum atomic E-state index is -0.575. The van der Waals surface area contributed by atoms with E-state index in [1.165, 1.54) is 0 Å². The van der Waals surface area contributed by atoms with E-state index in [0.29, 0.717) is 24.5 Å². The topological polar surface area (TPSA) is 58.9 Å². The highest BCUT2D eigenvalue weighted by Gasteiger charge is 2.10. The van der Waals surface area contributed by atoms with E-state index in [9.17, 15) is 5.11 Å². The summed E-state index contributed by atoms with van der Waals surface area (Å²) in [5, 5.41) is 18.3. The van der Waals surface area contributed by atoms with Gasteiger partial charge in [0.15, 0.2) is 0 Å². The van der Waals surface area contributed by atoms with Gasteiger partial charge in [-0.05, 0) is 31.9 Å². The van der Waals surface area contributed by atoms with Crippen molar-refractivity contribution in [3.8, 4) is 11.5 Å². The van der Waals surface area contributed by atoms with E-state index in [4.69, 9.17) is 14.6 Å². The maximum Gasteiger partial charge on any atom is 0.128 e. The lowest BCUT2D eigenvalue weighted by atomic mass is 10.1. The van der Waals surface area contributed by atoms with E-state index in [2.05, 4.69) is 0 Å². The number of rotatable bonds is 7.